The van der Waals surface area contributed by atoms with Crippen LogP contribution in [0.1, 0.15) is 90.9 Å². The number of nitrogens with two attached hydrogens (primary N) is 1. The van der Waals surface area contributed by atoms with E-state index in [1.165, 1.54) is 13.2 Å². The van der Waals surface area contributed by atoms with Crippen LogP contribution in [0.25, 0.3) is 11.3 Å². The molecule has 394 valence electrons. The number of halogens is 1. The Bertz CT molecular complexity index is 2210. The zero-order valence-electron chi connectivity index (χ0n) is 43.1. The molecule has 3 aliphatic rings. The molecule has 4 N–H and O–H groups in total. The fraction of sp³-hybridized carbons (Fsp3) is 0.647. The molecule has 71 heavy (non-hydrogen) atoms. The highest BCUT2D eigenvalue weighted by molar-refractivity contribution is 7.93. The van der Waals surface area contributed by atoms with Gasteiger partial charge in [-0.2, -0.15) is 3.89 Å². The number of rotatable bonds is 14. The van der Waals surface area contributed by atoms with Crippen molar-refractivity contribution >= 4 is 41.7 Å². The number of nitrogens with zero attached hydrogens (tertiary/aromatic N) is 5. The molecule has 3 unspecified atom stereocenters. The number of Topliss-reactive ketones (excluding diaryl/α,β-unsaturated/α-hetero) is 1. The van der Waals surface area contributed by atoms with Crippen molar-refractivity contribution in [1.82, 2.24) is 30.1 Å². The normalized spacial score (nSPS) is 31.9. The van der Waals surface area contributed by atoms with Crippen LogP contribution in [0.2, 0.25) is 0 Å². The number of esters is 2. The highest BCUT2D eigenvalue weighted by Crippen LogP contribution is 2.40. The highest BCUT2D eigenvalue weighted by Gasteiger charge is 2.59. The number of amides is 1. The predicted molar refractivity (Wildman–Crippen MR) is 268 cm³/mol. The molecule has 3 aliphatic heterocycles. The van der Waals surface area contributed by atoms with Crippen LogP contribution in [0, 0.1) is 17.8 Å². The molecule has 1 amide bonds. The Balaban J connectivity index is 0.00000305. The summed E-state index contributed by atoms with van der Waals surface area (Å²) in [6, 6.07) is 14.7. The van der Waals surface area contributed by atoms with Crippen molar-refractivity contribution in [3.8, 4) is 11.3 Å². The van der Waals surface area contributed by atoms with E-state index in [0.29, 0.717) is 68.7 Å². The predicted octanol–water partition coefficient (Wildman–Crippen LogP) is 6.36. The van der Waals surface area contributed by atoms with Crippen molar-refractivity contribution in [2.75, 3.05) is 52.9 Å². The first-order chi connectivity index (χ1) is 33.7. The molecule has 0 bridgehead atoms. The van der Waals surface area contributed by atoms with Gasteiger partial charge in [-0.05, 0) is 111 Å². The van der Waals surface area contributed by atoms with Gasteiger partial charge in [-0.3, -0.25) is 19.2 Å². The number of unbranched alkanes of at least 4 members (excludes halogenated alkanes) is 1. The molecule has 3 fully saturated rings. The van der Waals surface area contributed by atoms with Crippen LogP contribution in [0.3, 0.4) is 0 Å². The second-order valence-electron chi connectivity index (χ2n) is 19.7. The van der Waals surface area contributed by atoms with E-state index in [9.17, 15) is 28.2 Å². The molecule has 18 nitrogen and oxygen atoms in total. The number of carbonyl (C=O) groups excluding carboxylic acids is 4. The lowest BCUT2D eigenvalue weighted by Gasteiger charge is -2.47. The number of ether oxygens (including phenoxy) is 6. The number of hydrogen-bond acceptors (Lipinski definition) is 17. The Morgan fingerprint density at radius 2 is 1.75 bits per heavy atom. The van der Waals surface area contributed by atoms with Crippen LogP contribution in [-0.2, 0) is 44.6 Å². The summed E-state index contributed by atoms with van der Waals surface area (Å²) in [4.78, 5) is 59.3. The summed E-state index contributed by atoms with van der Waals surface area (Å²) in [5.41, 5.74) is 6.16. The van der Waals surface area contributed by atoms with Crippen molar-refractivity contribution in [3.05, 3.63) is 66.4 Å². The van der Waals surface area contributed by atoms with Gasteiger partial charge in [0.15, 0.2) is 17.7 Å². The number of nitrogens with one attached hydrogen (secondary N) is 1. The van der Waals surface area contributed by atoms with Gasteiger partial charge in [0.05, 0.1) is 35.6 Å². The number of aryl methyl sites for hydroxylation is 1. The minimum Gasteiger partial charge on any atom is -0.459 e. The molecule has 3 saturated heterocycles. The molecule has 20 heteroatoms. The summed E-state index contributed by atoms with van der Waals surface area (Å²) in [7, 11) is 5.21. The van der Waals surface area contributed by atoms with Gasteiger partial charge in [0, 0.05) is 67.9 Å². The van der Waals surface area contributed by atoms with E-state index in [1.807, 2.05) is 76.3 Å². The van der Waals surface area contributed by atoms with E-state index in [0.717, 1.165) is 5.56 Å². The second-order valence-corrected chi connectivity index (χ2v) is 20.0. The molecular weight excluding hydrogens is 938 g/mol. The van der Waals surface area contributed by atoms with E-state index < -0.39 is 89.6 Å². The lowest BCUT2D eigenvalue weighted by Crippen LogP contribution is -2.61. The van der Waals surface area contributed by atoms with E-state index in [2.05, 4.69) is 22.6 Å². The van der Waals surface area contributed by atoms with Gasteiger partial charge in [0.2, 0.25) is 0 Å². The smallest absolute Gasteiger partial charge is 0.410 e. The zero-order chi connectivity index (χ0) is 52.2. The molecule has 0 saturated carbocycles. The molecule has 1 aromatic heterocycles. The third-order valence-electron chi connectivity index (χ3n) is 14.1. The van der Waals surface area contributed by atoms with Gasteiger partial charge in [-0.25, -0.2) is 9.59 Å². The number of carbonyl (C=O) groups is 4. The average molecular weight is 1010 g/mol. The van der Waals surface area contributed by atoms with E-state index in [4.69, 9.17) is 34.2 Å². The molecule has 2 aromatic carbocycles. The summed E-state index contributed by atoms with van der Waals surface area (Å²) in [6.45, 7) is 14.1. The maximum absolute atomic E-state index is 14.6. The van der Waals surface area contributed by atoms with Crippen molar-refractivity contribution in [1.29, 1.82) is 0 Å². The topological polar surface area (TPSA) is 219 Å². The zero-order valence-corrected chi connectivity index (χ0v) is 43.9. The number of nitrogen functional groups attached to an aromatic ring is 1. The number of fused-ring (bicyclic) bond motifs is 1. The van der Waals surface area contributed by atoms with Gasteiger partial charge < -0.3 is 49.5 Å². The Morgan fingerprint density at radius 1 is 1.06 bits per heavy atom. The van der Waals surface area contributed by atoms with Crippen molar-refractivity contribution in [2.24, 2.45) is 17.8 Å². The third kappa shape index (κ3) is 14.1. The van der Waals surface area contributed by atoms with E-state index in [-0.39, 0.29) is 30.7 Å². The summed E-state index contributed by atoms with van der Waals surface area (Å²) in [6.07, 6.45) is 0.0406. The van der Waals surface area contributed by atoms with Gasteiger partial charge in [0.1, 0.15) is 30.4 Å². The number of aliphatic hydroxyl groups is 1. The number of methoxy groups -OCH3 is 1. The average Bonchev–Trinajstić information content (AvgIpc) is 3.93. The minimum absolute atomic E-state index is 0.0901. The lowest BCUT2D eigenvalue weighted by atomic mass is 9.78. The van der Waals surface area contributed by atoms with Crippen LogP contribution >= 0.6 is 12.1 Å². The first-order valence-electron chi connectivity index (χ1n) is 24.5. The highest BCUT2D eigenvalue weighted by atomic mass is 32.2. The fourth-order valence-corrected chi connectivity index (χ4v) is 10.3. The van der Waals surface area contributed by atoms with Crippen LogP contribution in [0.5, 0.6) is 0 Å². The quantitative estimate of drug-likeness (QED) is 0.0526. The fourth-order valence-electron chi connectivity index (χ4n) is 10.3. The molecule has 0 spiro atoms. The number of benzene rings is 2. The Labute approximate surface area is 422 Å². The molecule has 0 radical (unpaired) electrons. The van der Waals surface area contributed by atoms with Crippen molar-refractivity contribution < 1.29 is 56.6 Å². The molecule has 6 rings (SSSR count). The molecular formula is C51H76FN7O11S. The van der Waals surface area contributed by atoms with Crippen LogP contribution in [-0.4, -0.2) is 161 Å². The largest absolute Gasteiger partial charge is 0.459 e. The Morgan fingerprint density at radius 3 is 2.39 bits per heavy atom. The number of cyclic esters (lactones) is 1. The molecule has 13 atom stereocenters. The second kappa shape index (κ2) is 25.8. The SMILES string of the molecule is CC[C@H]1OC(=O)[C@H](C)C(=O)[C@H](C)[C@@H](O[C@@H]2OC(COC(=O)c3ccccc3)CC(N(C)C)C2O)[C@](C)(OC)C[C@@H](C)CN[C@H](C)[C@H]2N(CCCCn3cc(-c4cccc(N)c4)nn3)C(=O)O[C@]12C.CSF. The maximum atomic E-state index is 14.6. The van der Waals surface area contributed by atoms with E-state index in [1.54, 1.807) is 54.8 Å². The number of hydrogen-bond donors (Lipinski definition) is 3. The van der Waals surface area contributed by atoms with E-state index >= 15 is 0 Å². The third-order valence-corrected chi connectivity index (χ3v) is 14.1. The van der Waals surface area contributed by atoms with Crippen LogP contribution < -0.4 is 11.1 Å². The van der Waals surface area contributed by atoms with Gasteiger partial charge in [-0.1, -0.05) is 56.3 Å². The first kappa shape index (κ1) is 57.2. The number of likely N-dealkylation sites (N-methyl/N-ethyl adjacent to an activating group) is 1. The number of aliphatic hydroxyl groups excluding tert-OH is 1. The monoisotopic (exact) mass is 1010 g/mol. The molecule has 4 heterocycles. The van der Waals surface area contributed by atoms with Crippen LogP contribution in [0.4, 0.5) is 14.4 Å². The number of aromatic nitrogens is 3. The lowest BCUT2D eigenvalue weighted by molar-refractivity contribution is -0.300. The standard InChI is InChI=1S/C50H73N7O11.CH3FS/c1-11-40-50(7)43(57(48(62)68-50)23-16-15-22-56-28-38(53-54-56)35-20-17-21-36(51)24-35)33(5)52-27-30(2)26-49(6,63-10)44(31(3)41(58)32(4)45(60)66-40)67-47-42(59)39(55(8)9)25-37(65-47)29-64-46(61)34-18-13-12-14-19-34;1-3-2/h12-14,17-21,24,28,30-33,37,39-40,42-44,47,52,59H,11,15-16,22-23,25-27,29,51H2,1-10H3;1H3/t30-,31+,32-,33-,37?,39?,40-,42?,43-,44-,47+,49-,50-;/m1./s1. The minimum atomic E-state index is -1.28. The number of ketones is 1. The van der Waals surface area contributed by atoms with Crippen molar-refractivity contribution in [2.45, 2.75) is 147 Å². The van der Waals surface area contributed by atoms with Gasteiger partial charge >= 0.3 is 18.0 Å². The Hall–Kier alpha value is -4.70. The molecule has 0 aliphatic carbocycles. The maximum Gasteiger partial charge on any atom is 0.410 e. The summed E-state index contributed by atoms with van der Waals surface area (Å²) < 4.78 is 49.6. The van der Waals surface area contributed by atoms with Gasteiger partial charge in [0.25, 0.3) is 0 Å². The summed E-state index contributed by atoms with van der Waals surface area (Å²) >= 11 is 0.250. The Kier molecular flexibility index (Phi) is 20.8. The number of anilines is 1. The summed E-state index contributed by atoms with van der Waals surface area (Å²) in [5, 5.41) is 24.1. The van der Waals surface area contributed by atoms with Gasteiger partial charge in [-0.15, -0.1) is 5.10 Å². The van der Waals surface area contributed by atoms with Crippen LogP contribution in [0.15, 0.2) is 60.8 Å². The van der Waals surface area contributed by atoms with Crippen molar-refractivity contribution in [3.63, 3.8) is 0 Å². The summed E-state index contributed by atoms with van der Waals surface area (Å²) in [5.74, 6) is -4.06. The molecule has 3 aromatic rings. The first-order valence-corrected chi connectivity index (χ1v) is 25.6.